The minimum absolute atomic E-state index is 0. The molecule has 3 nitrogen and oxygen atoms in total. The van der Waals surface area contributed by atoms with Gasteiger partial charge in [0.15, 0.2) is 0 Å². The van der Waals surface area contributed by atoms with E-state index in [2.05, 4.69) is 69.9 Å². The Bertz CT molecular complexity index is 1160. The quantitative estimate of drug-likeness (QED) is 0.266. The molecule has 1 aromatic heterocycles. The second-order valence-corrected chi connectivity index (χ2v) is 11.6. The van der Waals surface area contributed by atoms with Crippen LogP contribution in [0.3, 0.4) is 0 Å². The van der Waals surface area contributed by atoms with E-state index in [0.717, 1.165) is 49.8 Å². The fraction of sp³-hybridized carbons (Fsp3) is 0.559. The molecule has 2 aliphatic carbocycles. The van der Waals surface area contributed by atoms with Gasteiger partial charge in [0, 0.05) is 32.2 Å². The Morgan fingerprint density at radius 1 is 0.921 bits per heavy atom. The van der Waals surface area contributed by atoms with Crippen molar-refractivity contribution in [2.24, 2.45) is 22.7 Å². The zero-order chi connectivity index (χ0) is 26.6. The van der Waals surface area contributed by atoms with E-state index in [1.165, 1.54) is 29.2 Å². The SMILES string of the molecule is CCC1(CC)CCCC2CC(CC)(CC)C(O)C2C1O.Cc1cccc2cnc(-c3[c-]cccc3)cc12.[Ir]. The van der Waals surface area contributed by atoms with Gasteiger partial charge in [0.1, 0.15) is 0 Å². The number of aryl methyl sites for hydroxylation is 1. The molecule has 4 heteroatoms. The predicted octanol–water partition coefficient (Wildman–Crippen LogP) is 8.15. The molecule has 0 amide bonds. The van der Waals surface area contributed by atoms with Crippen LogP contribution in [0.2, 0.25) is 0 Å². The van der Waals surface area contributed by atoms with Gasteiger partial charge in [-0.05, 0) is 90.6 Å². The van der Waals surface area contributed by atoms with Crippen molar-refractivity contribution in [3.8, 4) is 11.3 Å². The summed E-state index contributed by atoms with van der Waals surface area (Å²) in [5.41, 5.74) is 3.39. The summed E-state index contributed by atoms with van der Waals surface area (Å²) in [7, 11) is 0. The van der Waals surface area contributed by atoms with Crippen LogP contribution >= 0.6 is 0 Å². The summed E-state index contributed by atoms with van der Waals surface area (Å²) in [6.07, 6.45) is 10.1. The third-order valence-corrected chi connectivity index (χ3v) is 10.2. The van der Waals surface area contributed by atoms with E-state index >= 15 is 0 Å². The molecule has 2 aliphatic rings. The fourth-order valence-corrected chi connectivity index (χ4v) is 7.45. The number of aliphatic hydroxyl groups is 2. The summed E-state index contributed by atoms with van der Waals surface area (Å²) >= 11 is 0. The zero-order valence-corrected chi connectivity index (χ0v) is 26.2. The van der Waals surface area contributed by atoms with Gasteiger partial charge in [-0.3, -0.25) is 0 Å². The molecule has 1 radical (unpaired) electrons. The summed E-state index contributed by atoms with van der Waals surface area (Å²) in [5, 5.41) is 24.5. The summed E-state index contributed by atoms with van der Waals surface area (Å²) in [4.78, 5) is 4.49. The van der Waals surface area contributed by atoms with Gasteiger partial charge in [-0.2, -0.15) is 0 Å². The molecule has 0 aliphatic heterocycles. The van der Waals surface area contributed by atoms with E-state index in [4.69, 9.17) is 0 Å². The third-order valence-electron chi connectivity index (χ3n) is 10.2. The van der Waals surface area contributed by atoms with E-state index in [9.17, 15) is 10.2 Å². The summed E-state index contributed by atoms with van der Waals surface area (Å²) in [6.45, 7) is 11.0. The van der Waals surface area contributed by atoms with Crippen LogP contribution in [0, 0.1) is 35.7 Å². The molecule has 2 fully saturated rings. The van der Waals surface area contributed by atoms with Crippen LogP contribution in [-0.2, 0) is 20.1 Å². The van der Waals surface area contributed by atoms with Gasteiger partial charge < -0.3 is 15.2 Å². The second kappa shape index (κ2) is 13.2. The molecule has 0 spiro atoms. The number of benzene rings is 2. The van der Waals surface area contributed by atoms with E-state index in [0.29, 0.717) is 5.92 Å². The molecule has 38 heavy (non-hydrogen) atoms. The topological polar surface area (TPSA) is 53.4 Å². The van der Waals surface area contributed by atoms with Crippen molar-refractivity contribution in [1.82, 2.24) is 4.98 Å². The predicted molar refractivity (Wildman–Crippen MR) is 154 cm³/mol. The Kier molecular flexibility index (Phi) is 10.7. The van der Waals surface area contributed by atoms with Crippen molar-refractivity contribution in [1.29, 1.82) is 0 Å². The largest absolute Gasteiger partial charge is 0.392 e. The fourth-order valence-electron chi connectivity index (χ4n) is 7.45. The molecule has 3 aromatic rings. The van der Waals surface area contributed by atoms with Gasteiger partial charge in [0.05, 0.1) is 12.2 Å². The first-order valence-corrected chi connectivity index (χ1v) is 14.5. The Balaban J connectivity index is 0.000000207. The van der Waals surface area contributed by atoms with Crippen LogP contribution in [-0.4, -0.2) is 27.4 Å². The average Bonchev–Trinajstić information content (AvgIpc) is 3.14. The molecule has 2 saturated carbocycles. The van der Waals surface area contributed by atoms with Crippen molar-refractivity contribution >= 4 is 10.8 Å². The summed E-state index contributed by atoms with van der Waals surface area (Å²) in [5.74, 6) is 0.636. The molecule has 0 bridgehead atoms. The molecule has 4 unspecified atom stereocenters. The average molecular weight is 693 g/mol. The second-order valence-electron chi connectivity index (χ2n) is 11.6. The zero-order valence-electron chi connectivity index (χ0n) is 23.8. The number of hydrogen-bond donors (Lipinski definition) is 2. The maximum Gasteiger partial charge on any atom is 0.0651 e. The summed E-state index contributed by atoms with van der Waals surface area (Å²) < 4.78 is 0. The van der Waals surface area contributed by atoms with Crippen LogP contribution in [0.5, 0.6) is 0 Å². The Morgan fingerprint density at radius 3 is 2.24 bits per heavy atom. The summed E-state index contributed by atoms with van der Waals surface area (Å²) in [6, 6.07) is 19.5. The molecule has 2 aromatic carbocycles. The van der Waals surface area contributed by atoms with Gasteiger partial charge >= 0.3 is 0 Å². The molecule has 2 N–H and O–H groups in total. The number of hydrogen-bond acceptors (Lipinski definition) is 3. The van der Waals surface area contributed by atoms with E-state index in [-0.39, 0.29) is 49.1 Å². The van der Waals surface area contributed by atoms with Crippen molar-refractivity contribution in [3.05, 3.63) is 66.4 Å². The number of fused-ring (bicyclic) bond motifs is 2. The first-order chi connectivity index (χ1) is 17.8. The molecule has 209 valence electrons. The number of nitrogens with zero attached hydrogens (tertiary/aromatic N) is 1. The smallest absolute Gasteiger partial charge is 0.0651 e. The molecular formula is C34H46IrNO2-. The Hall–Kier alpha value is -1.58. The van der Waals surface area contributed by atoms with Crippen molar-refractivity contribution in [3.63, 3.8) is 0 Å². The Labute approximate surface area is 243 Å². The van der Waals surface area contributed by atoms with Crippen molar-refractivity contribution in [2.45, 2.75) is 98.2 Å². The van der Waals surface area contributed by atoms with E-state index < -0.39 is 0 Å². The minimum atomic E-state index is -0.319. The maximum atomic E-state index is 11.1. The van der Waals surface area contributed by atoms with Gasteiger partial charge in [0.2, 0.25) is 0 Å². The molecule has 5 rings (SSSR count). The van der Waals surface area contributed by atoms with Gasteiger partial charge in [0.25, 0.3) is 0 Å². The number of rotatable bonds is 5. The molecule has 1 heterocycles. The van der Waals surface area contributed by atoms with Gasteiger partial charge in [-0.25, -0.2) is 0 Å². The first-order valence-electron chi connectivity index (χ1n) is 14.5. The van der Waals surface area contributed by atoms with Crippen LogP contribution in [0.4, 0.5) is 0 Å². The molecular weight excluding hydrogens is 647 g/mol. The van der Waals surface area contributed by atoms with Gasteiger partial charge in [-0.15, -0.1) is 35.9 Å². The van der Waals surface area contributed by atoms with Crippen LogP contribution in [0.15, 0.2) is 54.7 Å². The van der Waals surface area contributed by atoms with Crippen LogP contribution in [0.25, 0.3) is 22.0 Å². The maximum absolute atomic E-state index is 11.1. The first kappa shape index (κ1) is 31.0. The normalized spacial score (nSPS) is 25.4. The standard InChI is InChI=1S/C18H34O2.C16H12N.Ir/c1-5-17(6-2)11-9-10-13-12-18(7-3,8-4)16(20)14(13)15(17)19;1-12-6-5-9-14-11-17-16(10-15(12)14)13-7-3-2-4-8-13;/h13-16,19-20H,5-12H2,1-4H3;2-7,9-11H,1H3;/q;-1;. The van der Waals surface area contributed by atoms with Crippen LogP contribution in [0.1, 0.15) is 84.6 Å². The molecule has 0 saturated heterocycles. The van der Waals surface area contributed by atoms with Crippen molar-refractivity contribution < 1.29 is 30.3 Å². The monoisotopic (exact) mass is 693 g/mol. The van der Waals surface area contributed by atoms with Crippen molar-refractivity contribution in [2.75, 3.05) is 0 Å². The number of pyridine rings is 1. The minimum Gasteiger partial charge on any atom is -0.392 e. The Morgan fingerprint density at radius 2 is 1.61 bits per heavy atom. The number of aliphatic hydroxyl groups excluding tert-OH is 2. The van der Waals surface area contributed by atoms with Crippen LogP contribution < -0.4 is 0 Å². The van der Waals surface area contributed by atoms with E-state index in [1.54, 1.807) is 0 Å². The third kappa shape index (κ3) is 5.80. The number of aromatic nitrogens is 1. The van der Waals surface area contributed by atoms with Gasteiger partial charge in [-0.1, -0.05) is 58.4 Å². The molecule has 4 atom stereocenters. The van der Waals surface area contributed by atoms with E-state index in [1.807, 2.05) is 30.5 Å².